The van der Waals surface area contributed by atoms with E-state index in [0.29, 0.717) is 44.7 Å². The molecule has 0 N–H and O–H groups in total. The Balaban J connectivity index is 1.55. The van der Waals surface area contributed by atoms with Gasteiger partial charge in [-0.2, -0.15) is 0 Å². The Morgan fingerprint density at radius 2 is 1.52 bits per heavy atom. The van der Waals surface area contributed by atoms with Crippen molar-refractivity contribution in [2.24, 2.45) is 5.92 Å². The summed E-state index contributed by atoms with van der Waals surface area (Å²) < 4.78 is 0. The van der Waals surface area contributed by atoms with Crippen LogP contribution in [0.4, 0.5) is 0 Å². The Kier molecular flexibility index (Phi) is 6.01. The molecule has 2 fully saturated rings. The van der Waals surface area contributed by atoms with Gasteiger partial charge in [0.05, 0.1) is 5.92 Å². The highest BCUT2D eigenvalue weighted by Gasteiger charge is 2.38. The molecule has 6 nitrogen and oxygen atoms in total. The summed E-state index contributed by atoms with van der Waals surface area (Å²) in [6.07, 6.45) is 0.302. The fourth-order valence-corrected chi connectivity index (χ4v) is 4.08. The number of carbonyl (C=O) groups excluding carboxylic acids is 3. The molecule has 6 heteroatoms. The van der Waals surface area contributed by atoms with Crippen molar-refractivity contribution in [1.82, 2.24) is 14.7 Å². The first-order chi connectivity index (χ1) is 13.6. The van der Waals surface area contributed by atoms with Crippen LogP contribution in [0.25, 0.3) is 0 Å². The van der Waals surface area contributed by atoms with Gasteiger partial charge >= 0.3 is 0 Å². The van der Waals surface area contributed by atoms with E-state index in [1.165, 1.54) is 5.56 Å². The number of likely N-dealkylation sites (tertiary alicyclic amines) is 1. The summed E-state index contributed by atoms with van der Waals surface area (Å²) >= 11 is 0. The molecule has 3 amide bonds. The van der Waals surface area contributed by atoms with Gasteiger partial charge in [0.2, 0.25) is 11.8 Å². The highest BCUT2D eigenvalue weighted by atomic mass is 16.2. The number of piperazine rings is 1. The van der Waals surface area contributed by atoms with Crippen LogP contribution in [-0.2, 0) is 15.0 Å². The molecule has 3 rings (SSSR count). The van der Waals surface area contributed by atoms with Crippen molar-refractivity contribution >= 4 is 17.7 Å². The molecule has 158 valence electrons. The van der Waals surface area contributed by atoms with Gasteiger partial charge in [-0.3, -0.25) is 14.4 Å². The van der Waals surface area contributed by atoms with Crippen LogP contribution in [0.2, 0.25) is 0 Å². The van der Waals surface area contributed by atoms with Crippen LogP contribution in [0.3, 0.4) is 0 Å². The molecule has 2 heterocycles. The monoisotopic (exact) mass is 399 g/mol. The second kappa shape index (κ2) is 8.17. The Morgan fingerprint density at radius 1 is 0.966 bits per heavy atom. The Hall–Kier alpha value is -2.37. The summed E-state index contributed by atoms with van der Waals surface area (Å²) in [5.41, 5.74) is 1.94. The quantitative estimate of drug-likeness (QED) is 0.785. The molecule has 1 aromatic carbocycles. The second-order valence-electron chi connectivity index (χ2n) is 9.49. The minimum absolute atomic E-state index is 0.0135. The van der Waals surface area contributed by atoms with Gasteiger partial charge in [0, 0.05) is 50.7 Å². The molecule has 0 aromatic heterocycles. The van der Waals surface area contributed by atoms with E-state index < -0.39 is 0 Å². The van der Waals surface area contributed by atoms with Gasteiger partial charge in [-0.25, -0.2) is 0 Å². The lowest BCUT2D eigenvalue weighted by atomic mass is 9.86. The van der Waals surface area contributed by atoms with E-state index in [-0.39, 0.29) is 35.1 Å². The molecular formula is C23H33N3O3. The average molecular weight is 400 g/mol. The van der Waals surface area contributed by atoms with Crippen LogP contribution in [0, 0.1) is 5.92 Å². The smallest absolute Gasteiger partial charge is 0.253 e. The van der Waals surface area contributed by atoms with Crippen LogP contribution in [0.15, 0.2) is 24.3 Å². The predicted molar refractivity (Wildman–Crippen MR) is 113 cm³/mol. The highest BCUT2D eigenvalue weighted by molar-refractivity contribution is 5.94. The average Bonchev–Trinajstić information content (AvgIpc) is 3.08. The Morgan fingerprint density at radius 3 is 2.00 bits per heavy atom. The number of amides is 3. The minimum Gasteiger partial charge on any atom is -0.339 e. The van der Waals surface area contributed by atoms with Gasteiger partial charge in [0.25, 0.3) is 5.91 Å². The van der Waals surface area contributed by atoms with Gasteiger partial charge in [-0.15, -0.1) is 0 Å². The second-order valence-corrected chi connectivity index (χ2v) is 9.49. The number of hydrogen-bond donors (Lipinski definition) is 0. The molecule has 2 saturated heterocycles. The summed E-state index contributed by atoms with van der Waals surface area (Å²) in [4.78, 5) is 43.2. The van der Waals surface area contributed by atoms with Gasteiger partial charge in [-0.1, -0.05) is 32.9 Å². The van der Waals surface area contributed by atoms with Crippen molar-refractivity contribution < 1.29 is 14.4 Å². The van der Waals surface area contributed by atoms with E-state index in [2.05, 4.69) is 20.8 Å². The predicted octanol–water partition coefficient (Wildman–Crippen LogP) is 2.53. The Labute approximate surface area is 173 Å². The highest BCUT2D eigenvalue weighted by Crippen LogP contribution is 2.24. The van der Waals surface area contributed by atoms with E-state index in [0.717, 1.165) is 0 Å². The fraction of sp³-hybridized carbons (Fsp3) is 0.609. The van der Waals surface area contributed by atoms with Gasteiger partial charge in [-0.05, 0) is 37.0 Å². The normalized spacial score (nSPS) is 20.6. The van der Waals surface area contributed by atoms with Crippen molar-refractivity contribution in [3.05, 3.63) is 35.4 Å². The molecule has 1 aromatic rings. The molecule has 0 aliphatic carbocycles. The number of carbonyl (C=O) groups is 3. The van der Waals surface area contributed by atoms with E-state index in [1.54, 1.807) is 4.90 Å². The van der Waals surface area contributed by atoms with Crippen LogP contribution in [-0.4, -0.2) is 71.2 Å². The van der Waals surface area contributed by atoms with E-state index in [4.69, 9.17) is 0 Å². The zero-order chi connectivity index (χ0) is 21.3. The zero-order valence-electron chi connectivity index (χ0n) is 18.3. The lowest BCUT2D eigenvalue weighted by molar-refractivity contribution is -0.137. The summed E-state index contributed by atoms with van der Waals surface area (Å²) in [6.45, 7) is 13.0. The van der Waals surface area contributed by atoms with Gasteiger partial charge in [0.15, 0.2) is 0 Å². The molecule has 0 saturated carbocycles. The number of rotatable bonds is 3. The summed E-state index contributed by atoms with van der Waals surface area (Å²) in [7, 11) is 0. The summed E-state index contributed by atoms with van der Waals surface area (Å²) in [6, 6.07) is 7.95. The molecule has 1 unspecified atom stereocenters. The molecule has 0 spiro atoms. The van der Waals surface area contributed by atoms with Crippen LogP contribution < -0.4 is 0 Å². The molecule has 2 aliphatic heterocycles. The van der Waals surface area contributed by atoms with E-state index in [9.17, 15) is 14.4 Å². The SMILES string of the molecule is CC(C)N1CC(C(=O)N2CCN(C(=O)c3ccc(C(C)(C)C)cc3)CC2)CC1=O. The first-order valence-corrected chi connectivity index (χ1v) is 10.6. The maximum atomic E-state index is 12.8. The van der Waals surface area contributed by atoms with Crippen molar-refractivity contribution in [3.63, 3.8) is 0 Å². The zero-order valence-corrected chi connectivity index (χ0v) is 18.3. The van der Waals surface area contributed by atoms with E-state index in [1.807, 2.05) is 47.9 Å². The van der Waals surface area contributed by atoms with Crippen LogP contribution in [0.5, 0.6) is 0 Å². The van der Waals surface area contributed by atoms with Crippen LogP contribution >= 0.6 is 0 Å². The maximum Gasteiger partial charge on any atom is 0.253 e. The molecule has 0 bridgehead atoms. The molecule has 29 heavy (non-hydrogen) atoms. The van der Waals surface area contributed by atoms with Crippen molar-refractivity contribution in [2.45, 2.75) is 52.5 Å². The van der Waals surface area contributed by atoms with E-state index >= 15 is 0 Å². The van der Waals surface area contributed by atoms with Gasteiger partial charge in [0.1, 0.15) is 0 Å². The first-order valence-electron chi connectivity index (χ1n) is 10.6. The number of hydrogen-bond acceptors (Lipinski definition) is 3. The standard InChI is InChI=1S/C23H33N3O3/c1-16(2)26-15-18(14-20(26)27)22(29)25-12-10-24(11-13-25)21(28)17-6-8-19(9-7-17)23(3,4)5/h6-9,16,18H,10-15H2,1-5H3. The summed E-state index contributed by atoms with van der Waals surface area (Å²) in [5, 5.41) is 0. The van der Waals surface area contributed by atoms with Gasteiger partial charge < -0.3 is 14.7 Å². The fourth-order valence-electron chi connectivity index (χ4n) is 4.08. The lowest BCUT2D eigenvalue weighted by Gasteiger charge is -2.36. The summed E-state index contributed by atoms with van der Waals surface area (Å²) in [5.74, 6) is -0.134. The van der Waals surface area contributed by atoms with Crippen molar-refractivity contribution in [2.75, 3.05) is 32.7 Å². The third-order valence-electron chi connectivity index (χ3n) is 6.01. The molecule has 1 atom stereocenters. The maximum absolute atomic E-state index is 12.8. The topological polar surface area (TPSA) is 60.9 Å². The largest absolute Gasteiger partial charge is 0.339 e. The van der Waals surface area contributed by atoms with Crippen molar-refractivity contribution in [1.29, 1.82) is 0 Å². The molecular weight excluding hydrogens is 366 g/mol. The number of benzene rings is 1. The third-order valence-corrected chi connectivity index (χ3v) is 6.01. The van der Waals surface area contributed by atoms with Crippen LogP contribution in [0.1, 0.15) is 57.0 Å². The minimum atomic E-state index is -0.253. The third kappa shape index (κ3) is 4.62. The molecule has 0 radical (unpaired) electrons. The first kappa shape index (κ1) is 21.3. The lowest BCUT2D eigenvalue weighted by Crippen LogP contribution is -2.52. The molecule has 2 aliphatic rings. The Bertz CT molecular complexity index is 772. The number of nitrogens with zero attached hydrogens (tertiary/aromatic N) is 3. The van der Waals surface area contributed by atoms with Crippen molar-refractivity contribution in [3.8, 4) is 0 Å².